The van der Waals surface area contributed by atoms with Crippen molar-refractivity contribution in [2.45, 2.75) is 13.0 Å². The zero-order valence-electron chi connectivity index (χ0n) is 14.2. The van der Waals surface area contributed by atoms with Gasteiger partial charge in [-0.3, -0.25) is 9.69 Å². The van der Waals surface area contributed by atoms with Crippen LogP contribution in [-0.2, 0) is 4.79 Å². The van der Waals surface area contributed by atoms with E-state index in [0.717, 1.165) is 22.5 Å². The molecule has 3 amide bonds. The van der Waals surface area contributed by atoms with E-state index in [-0.39, 0.29) is 11.9 Å². The molecule has 0 radical (unpaired) electrons. The maximum Gasteiger partial charge on any atom is 0.322 e. The van der Waals surface area contributed by atoms with Crippen LogP contribution in [0.5, 0.6) is 0 Å². The van der Waals surface area contributed by atoms with Crippen molar-refractivity contribution in [3.05, 3.63) is 77.0 Å². The second-order valence-electron chi connectivity index (χ2n) is 6.44. The van der Waals surface area contributed by atoms with Crippen molar-refractivity contribution in [3.8, 4) is 0 Å². The van der Waals surface area contributed by atoms with E-state index >= 15 is 0 Å². The third-order valence-electron chi connectivity index (χ3n) is 4.84. The minimum Gasteiger partial charge on any atom is -0.327 e. The number of anilines is 1. The lowest BCUT2D eigenvalue weighted by Crippen LogP contribution is -2.45. The number of carbonyl (C=O) groups is 2. The number of carbonyl (C=O) groups excluding carboxylic acids is 2. The molecule has 0 spiro atoms. The van der Waals surface area contributed by atoms with Crippen molar-refractivity contribution in [1.29, 1.82) is 0 Å². The zero-order chi connectivity index (χ0) is 17.6. The molecule has 2 aromatic rings. The smallest absolute Gasteiger partial charge is 0.322 e. The molecule has 1 N–H and O–H groups in total. The van der Waals surface area contributed by atoms with Crippen molar-refractivity contribution in [3.63, 3.8) is 0 Å². The second kappa shape index (κ2) is 5.77. The second-order valence-corrected chi connectivity index (χ2v) is 6.44. The van der Waals surface area contributed by atoms with Gasteiger partial charge in [0, 0.05) is 12.7 Å². The van der Waals surface area contributed by atoms with E-state index in [1.54, 1.807) is 16.8 Å². The van der Waals surface area contributed by atoms with Crippen LogP contribution in [0.15, 0.2) is 65.9 Å². The van der Waals surface area contributed by atoms with Gasteiger partial charge in [-0.1, -0.05) is 48.0 Å². The lowest BCUT2D eigenvalue weighted by molar-refractivity contribution is -0.114. The Kier molecular flexibility index (Phi) is 3.57. The first-order chi connectivity index (χ1) is 12.1. The Bertz CT molecular complexity index is 872. The Labute approximate surface area is 146 Å². The molecule has 1 atom stereocenters. The molecular weight excluding hydrogens is 314 g/mol. The summed E-state index contributed by atoms with van der Waals surface area (Å²) in [4.78, 5) is 28.8. The number of aryl methyl sites for hydroxylation is 1. The van der Waals surface area contributed by atoms with E-state index in [4.69, 9.17) is 0 Å². The van der Waals surface area contributed by atoms with E-state index in [2.05, 4.69) is 5.32 Å². The molecule has 2 aliphatic rings. The maximum atomic E-state index is 13.1. The van der Waals surface area contributed by atoms with Crippen molar-refractivity contribution < 1.29 is 9.59 Å². The predicted molar refractivity (Wildman–Crippen MR) is 96.0 cm³/mol. The molecule has 0 saturated carbocycles. The SMILES string of the molecule is Cc1ccc([C@H]2NC(=O)N(C)C3=C2C(=O)N(c2ccccc2)C3)cc1. The van der Waals surface area contributed by atoms with Crippen LogP contribution in [-0.4, -0.2) is 30.4 Å². The van der Waals surface area contributed by atoms with Gasteiger partial charge in [0.2, 0.25) is 0 Å². The minimum atomic E-state index is -0.416. The Balaban J connectivity index is 1.77. The molecule has 0 aromatic heterocycles. The van der Waals surface area contributed by atoms with Crippen LogP contribution < -0.4 is 10.2 Å². The van der Waals surface area contributed by atoms with E-state index in [9.17, 15) is 9.59 Å². The fraction of sp³-hybridized carbons (Fsp3) is 0.200. The van der Waals surface area contributed by atoms with Crippen molar-refractivity contribution in [2.24, 2.45) is 0 Å². The predicted octanol–water partition coefficient (Wildman–Crippen LogP) is 2.99. The standard InChI is InChI=1S/C20H19N3O2/c1-13-8-10-14(11-9-13)18-17-16(22(2)20(25)21-18)12-23(19(17)24)15-6-4-3-5-7-15/h3-11,18H,12H2,1-2H3,(H,21,25)/t18-/m1/s1. The Hall–Kier alpha value is -3.08. The number of urea groups is 1. The Morgan fingerprint density at radius 3 is 2.36 bits per heavy atom. The summed E-state index contributed by atoms with van der Waals surface area (Å²) < 4.78 is 0. The van der Waals surface area contributed by atoms with Crippen LogP contribution in [0.4, 0.5) is 10.5 Å². The summed E-state index contributed by atoms with van der Waals surface area (Å²) in [5, 5.41) is 2.96. The fourth-order valence-corrected chi connectivity index (χ4v) is 3.39. The van der Waals surface area contributed by atoms with Gasteiger partial charge in [0.05, 0.1) is 23.9 Å². The molecule has 25 heavy (non-hydrogen) atoms. The first-order valence-electron chi connectivity index (χ1n) is 8.27. The van der Waals surface area contributed by atoms with Crippen LogP contribution in [0.3, 0.4) is 0 Å². The average Bonchev–Trinajstić information content (AvgIpc) is 2.97. The van der Waals surface area contributed by atoms with Crippen LogP contribution in [0.2, 0.25) is 0 Å². The van der Waals surface area contributed by atoms with Crippen LogP contribution in [0, 0.1) is 6.92 Å². The molecule has 4 rings (SSSR count). The van der Waals surface area contributed by atoms with Gasteiger partial charge in [-0.2, -0.15) is 0 Å². The van der Waals surface area contributed by atoms with E-state index in [0.29, 0.717) is 12.1 Å². The lowest BCUT2D eigenvalue weighted by atomic mass is 9.95. The third kappa shape index (κ3) is 2.48. The molecule has 0 aliphatic carbocycles. The number of hydrogen-bond donors (Lipinski definition) is 1. The molecule has 0 fully saturated rings. The number of hydrogen-bond acceptors (Lipinski definition) is 2. The highest BCUT2D eigenvalue weighted by atomic mass is 16.2. The van der Waals surface area contributed by atoms with E-state index in [1.807, 2.05) is 61.5 Å². The number of likely N-dealkylation sites (N-methyl/N-ethyl adjacent to an activating group) is 1. The summed E-state index contributed by atoms with van der Waals surface area (Å²) in [6.07, 6.45) is 0. The summed E-state index contributed by atoms with van der Waals surface area (Å²) in [6.45, 7) is 2.42. The van der Waals surface area contributed by atoms with Gasteiger partial charge in [-0.15, -0.1) is 0 Å². The van der Waals surface area contributed by atoms with Gasteiger partial charge >= 0.3 is 6.03 Å². The van der Waals surface area contributed by atoms with Gasteiger partial charge < -0.3 is 10.2 Å². The highest BCUT2D eigenvalue weighted by Gasteiger charge is 2.43. The van der Waals surface area contributed by atoms with Crippen LogP contribution in [0.1, 0.15) is 17.2 Å². The highest BCUT2D eigenvalue weighted by molar-refractivity contribution is 6.11. The van der Waals surface area contributed by atoms with Gasteiger partial charge in [0.1, 0.15) is 0 Å². The lowest BCUT2D eigenvalue weighted by Gasteiger charge is -2.31. The topological polar surface area (TPSA) is 52.7 Å². The van der Waals surface area contributed by atoms with Crippen LogP contribution in [0.25, 0.3) is 0 Å². The zero-order valence-corrected chi connectivity index (χ0v) is 14.2. The minimum absolute atomic E-state index is 0.0568. The Morgan fingerprint density at radius 2 is 1.68 bits per heavy atom. The molecule has 2 heterocycles. The molecule has 0 bridgehead atoms. The molecular formula is C20H19N3O2. The normalized spacial score (nSPS) is 20.0. The van der Waals surface area contributed by atoms with E-state index < -0.39 is 6.04 Å². The molecule has 5 heteroatoms. The quantitative estimate of drug-likeness (QED) is 0.918. The van der Waals surface area contributed by atoms with Crippen molar-refractivity contribution >= 4 is 17.6 Å². The Morgan fingerprint density at radius 1 is 1.00 bits per heavy atom. The molecule has 2 aromatic carbocycles. The third-order valence-corrected chi connectivity index (χ3v) is 4.84. The molecule has 2 aliphatic heterocycles. The van der Waals surface area contributed by atoms with E-state index in [1.165, 1.54) is 0 Å². The van der Waals surface area contributed by atoms with Gasteiger partial charge in [0.15, 0.2) is 0 Å². The molecule has 5 nitrogen and oxygen atoms in total. The first kappa shape index (κ1) is 15.4. The molecule has 126 valence electrons. The van der Waals surface area contributed by atoms with Crippen LogP contribution >= 0.6 is 0 Å². The number of benzene rings is 2. The monoisotopic (exact) mass is 333 g/mol. The van der Waals surface area contributed by atoms with Crippen molar-refractivity contribution in [2.75, 3.05) is 18.5 Å². The van der Waals surface area contributed by atoms with Gasteiger partial charge in [0.25, 0.3) is 5.91 Å². The highest BCUT2D eigenvalue weighted by Crippen LogP contribution is 2.37. The summed E-state index contributed by atoms with van der Waals surface area (Å²) >= 11 is 0. The molecule has 0 saturated heterocycles. The summed E-state index contributed by atoms with van der Waals surface area (Å²) in [7, 11) is 1.71. The number of rotatable bonds is 2. The first-order valence-corrected chi connectivity index (χ1v) is 8.27. The molecule has 0 unspecified atom stereocenters. The number of nitrogens with one attached hydrogen (secondary N) is 1. The maximum absolute atomic E-state index is 13.1. The fourth-order valence-electron chi connectivity index (χ4n) is 3.39. The number of para-hydroxylation sites is 1. The average molecular weight is 333 g/mol. The van der Waals surface area contributed by atoms with Crippen molar-refractivity contribution in [1.82, 2.24) is 10.2 Å². The number of amides is 3. The number of nitrogens with zero attached hydrogens (tertiary/aromatic N) is 2. The van der Waals surface area contributed by atoms with Gasteiger partial charge in [-0.05, 0) is 24.6 Å². The summed E-state index contributed by atoms with van der Waals surface area (Å²) in [5.41, 5.74) is 4.31. The van der Waals surface area contributed by atoms with Gasteiger partial charge in [-0.25, -0.2) is 4.79 Å². The largest absolute Gasteiger partial charge is 0.327 e. The summed E-state index contributed by atoms with van der Waals surface area (Å²) in [6, 6.07) is 16.9. The summed E-state index contributed by atoms with van der Waals surface area (Å²) in [5.74, 6) is -0.0568.